The molecule has 0 bridgehead atoms. The van der Waals surface area contributed by atoms with E-state index in [-0.39, 0.29) is 19.6 Å². The number of rotatable bonds is 5. The molecule has 0 radical (unpaired) electrons. The van der Waals surface area contributed by atoms with Crippen molar-refractivity contribution in [2.75, 3.05) is 13.2 Å². The van der Waals surface area contributed by atoms with Gasteiger partial charge in [0.2, 0.25) is 0 Å². The fourth-order valence-electron chi connectivity index (χ4n) is 3.55. The van der Waals surface area contributed by atoms with Crippen LogP contribution in [0, 0.1) is 11.8 Å². The molecule has 0 aromatic heterocycles. The van der Waals surface area contributed by atoms with Crippen LogP contribution in [-0.4, -0.2) is 41.6 Å². The molecule has 1 aliphatic carbocycles. The second-order valence-corrected chi connectivity index (χ2v) is 6.40. The first kappa shape index (κ1) is 19.1. The lowest BCUT2D eigenvalue weighted by molar-refractivity contribution is -0.172. The predicted molar refractivity (Wildman–Crippen MR) is 89.7 cm³/mol. The van der Waals surface area contributed by atoms with E-state index in [0.717, 1.165) is 0 Å². The Hall–Kier alpha value is -2.21. The van der Waals surface area contributed by atoms with Gasteiger partial charge in [-0.15, -0.1) is 0 Å². The summed E-state index contributed by atoms with van der Waals surface area (Å²) in [6.45, 7) is 5.03. The number of carbonyl (C=O) groups excluding carboxylic acids is 3. The highest BCUT2D eigenvalue weighted by Gasteiger charge is 2.57. The molecule has 1 aromatic carbocycles. The van der Waals surface area contributed by atoms with Crippen LogP contribution in [-0.2, 0) is 23.9 Å². The molecule has 136 valence electrons. The minimum atomic E-state index is -1.60. The van der Waals surface area contributed by atoms with Crippen LogP contribution in [0.5, 0.6) is 0 Å². The van der Waals surface area contributed by atoms with Crippen molar-refractivity contribution in [3.8, 4) is 0 Å². The molecule has 1 saturated carbocycles. The van der Waals surface area contributed by atoms with E-state index in [2.05, 4.69) is 0 Å². The van der Waals surface area contributed by atoms with Gasteiger partial charge in [-0.1, -0.05) is 30.3 Å². The number of ether oxygens (including phenoxy) is 2. The van der Waals surface area contributed by atoms with E-state index in [0.29, 0.717) is 5.56 Å². The van der Waals surface area contributed by atoms with Crippen LogP contribution in [0.25, 0.3) is 0 Å². The van der Waals surface area contributed by atoms with Crippen LogP contribution in [0.1, 0.15) is 38.7 Å². The Morgan fingerprint density at radius 2 is 1.68 bits per heavy atom. The number of Topliss-reactive ketones (excluding diaryl/α,β-unsaturated/α-hetero) is 1. The number of aliphatic hydroxyl groups is 1. The minimum Gasteiger partial charge on any atom is -0.466 e. The van der Waals surface area contributed by atoms with E-state index >= 15 is 0 Å². The van der Waals surface area contributed by atoms with Crippen LogP contribution in [0.3, 0.4) is 0 Å². The van der Waals surface area contributed by atoms with Gasteiger partial charge in [0.1, 0.15) is 5.92 Å². The molecule has 6 heteroatoms. The normalized spacial score (nSPS) is 29.1. The van der Waals surface area contributed by atoms with Gasteiger partial charge in [-0.2, -0.15) is 0 Å². The molecule has 1 fully saturated rings. The second kappa shape index (κ2) is 7.78. The smallest absolute Gasteiger partial charge is 0.317 e. The van der Waals surface area contributed by atoms with Gasteiger partial charge in [0, 0.05) is 12.3 Å². The number of esters is 2. The molecule has 4 atom stereocenters. The van der Waals surface area contributed by atoms with Gasteiger partial charge < -0.3 is 14.6 Å². The summed E-state index contributed by atoms with van der Waals surface area (Å²) < 4.78 is 10.2. The van der Waals surface area contributed by atoms with Crippen molar-refractivity contribution in [2.45, 2.75) is 38.7 Å². The molecule has 0 spiro atoms. The Balaban J connectivity index is 2.57. The fourth-order valence-corrected chi connectivity index (χ4v) is 3.55. The predicted octanol–water partition coefficient (Wildman–Crippen LogP) is 1.85. The molecule has 0 heterocycles. The van der Waals surface area contributed by atoms with Crippen molar-refractivity contribution in [1.82, 2.24) is 0 Å². The van der Waals surface area contributed by atoms with Crippen LogP contribution in [0.2, 0.25) is 0 Å². The third-order valence-corrected chi connectivity index (χ3v) is 4.53. The van der Waals surface area contributed by atoms with E-state index in [9.17, 15) is 19.5 Å². The highest BCUT2D eigenvalue weighted by molar-refractivity contribution is 6.02. The second-order valence-electron chi connectivity index (χ2n) is 6.40. The van der Waals surface area contributed by atoms with Gasteiger partial charge >= 0.3 is 11.9 Å². The maximum Gasteiger partial charge on any atom is 0.317 e. The van der Waals surface area contributed by atoms with Gasteiger partial charge in [0.05, 0.1) is 24.7 Å². The molecule has 2 rings (SSSR count). The zero-order valence-corrected chi connectivity index (χ0v) is 14.7. The van der Waals surface area contributed by atoms with Gasteiger partial charge in [0.15, 0.2) is 5.78 Å². The van der Waals surface area contributed by atoms with E-state index in [1.54, 1.807) is 44.2 Å². The summed E-state index contributed by atoms with van der Waals surface area (Å²) in [5.74, 6) is -4.75. The SMILES string of the molecule is CCOC(=O)[C@H]1C(=O)CC(C)(O)[C@@H](C(=O)OCC)[C@@H]1c1ccccc1. The molecular weight excluding hydrogens is 324 g/mol. The van der Waals surface area contributed by atoms with Gasteiger partial charge in [-0.05, 0) is 26.3 Å². The molecular formula is C19H24O6. The first-order valence-electron chi connectivity index (χ1n) is 8.46. The maximum absolute atomic E-state index is 12.6. The molecule has 0 amide bonds. The van der Waals surface area contributed by atoms with Crippen molar-refractivity contribution < 1.29 is 29.0 Å². The third-order valence-electron chi connectivity index (χ3n) is 4.53. The maximum atomic E-state index is 12.6. The molecule has 1 unspecified atom stereocenters. The van der Waals surface area contributed by atoms with Crippen molar-refractivity contribution in [3.63, 3.8) is 0 Å². The summed E-state index contributed by atoms with van der Waals surface area (Å²) in [5, 5.41) is 10.8. The summed E-state index contributed by atoms with van der Waals surface area (Å²) in [5.41, 5.74) is -0.987. The van der Waals surface area contributed by atoms with Crippen molar-refractivity contribution in [2.24, 2.45) is 11.8 Å². The van der Waals surface area contributed by atoms with E-state index in [4.69, 9.17) is 9.47 Å². The fraction of sp³-hybridized carbons (Fsp3) is 0.526. The first-order valence-corrected chi connectivity index (χ1v) is 8.46. The van der Waals surface area contributed by atoms with E-state index in [1.807, 2.05) is 0 Å². The largest absolute Gasteiger partial charge is 0.466 e. The molecule has 1 aromatic rings. The molecule has 0 saturated heterocycles. The zero-order chi connectivity index (χ0) is 18.6. The Kier molecular flexibility index (Phi) is 5.95. The number of hydrogen-bond acceptors (Lipinski definition) is 6. The Labute approximate surface area is 147 Å². The summed E-state index contributed by atoms with van der Waals surface area (Å²) in [6, 6.07) is 8.78. The summed E-state index contributed by atoms with van der Waals surface area (Å²) in [6.07, 6.45) is -0.302. The molecule has 0 aliphatic heterocycles. The van der Waals surface area contributed by atoms with Gasteiger partial charge in [0.25, 0.3) is 0 Å². The number of benzene rings is 1. The Bertz CT molecular complexity index is 637. The Morgan fingerprint density at radius 1 is 1.12 bits per heavy atom. The Morgan fingerprint density at radius 3 is 2.24 bits per heavy atom. The van der Waals surface area contributed by atoms with Gasteiger partial charge in [-0.3, -0.25) is 14.4 Å². The quantitative estimate of drug-likeness (QED) is 0.645. The summed E-state index contributed by atoms with van der Waals surface area (Å²) in [4.78, 5) is 37.7. The van der Waals surface area contributed by atoms with Crippen LogP contribution in [0.4, 0.5) is 0 Å². The van der Waals surface area contributed by atoms with Gasteiger partial charge in [-0.25, -0.2) is 0 Å². The zero-order valence-electron chi connectivity index (χ0n) is 14.7. The topological polar surface area (TPSA) is 89.9 Å². The summed E-state index contributed by atoms with van der Waals surface area (Å²) >= 11 is 0. The standard InChI is InChI=1S/C19H24O6/c1-4-24-17(21)15-13(20)11-19(3,23)16(18(22)25-5-2)14(15)12-9-7-6-8-10-12/h6-10,14-16,23H,4-5,11H2,1-3H3/t14-,15+,16-,19?/m1/s1. The highest BCUT2D eigenvalue weighted by Crippen LogP contribution is 2.46. The number of hydrogen-bond donors (Lipinski definition) is 1. The molecule has 1 aliphatic rings. The lowest BCUT2D eigenvalue weighted by atomic mass is 9.62. The number of ketones is 1. The first-order chi connectivity index (χ1) is 11.8. The third kappa shape index (κ3) is 3.90. The molecule has 6 nitrogen and oxygen atoms in total. The van der Waals surface area contributed by atoms with E-state index < -0.39 is 41.1 Å². The van der Waals surface area contributed by atoms with Crippen LogP contribution < -0.4 is 0 Å². The monoisotopic (exact) mass is 348 g/mol. The van der Waals surface area contributed by atoms with Crippen LogP contribution >= 0.6 is 0 Å². The summed E-state index contributed by atoms with van der Waals surface area (Å²) in [7, 11) is 0. The lowest BCUT2D eigenvalue weighted by Crippen LogP contribution is -2.55. The lowest BCUT2D eigenvalue weighted by Gasteiger charge is -2.43. The van der Waals surface area contributed by atoms with Crippen molar-refractivity contribution in [3.05, 3.63) is 35.9 Å². The highest BCUT2D eigenvalue weighted by atomic mass is 16.5. The number of carbonyl (C=O) groups is 3. The minimum absolute atomic E-state index is 0.130. The van der Waals surface area contributed by atoms with Crippen LogP contribution in [0.15, 0.2) is 30.3 Å². The van der Waals surface area contributed by atoms with Crippen molar-refractivity contribution in [1.29, 1.82) is 0 Å². The molecule has 1 N–H and O–H groups in total. The molecule has 25 heavy (non-hydrogen) atoms. The average Bonchev–Trinajstić information content (AvgIpc) is 2.54. The van der Waals surface area contributed by atoms with Crippen molar-refractivity contribution >= 4 is 17.7 Å². The van der Waals surface area contributed by atoms with E-state index in [1.165, 1.54) is 6.92 Å². The average molecular weight is 348 g/mol.